The highest BCUT2D eigenvalue weighted by atomic mass is 19.4. The van der Waals surface area contributed by atoms with Crippen molar-refractivity contribution in [2.75, 3.05) is 44.3 Å². The van der Waals surface area contributed by atoms with E-state index in [1.165, 1.54) is 9.80 Å². The number of fused-ring (bicyclic) bond motifs is 1. The molecule has 1 atom stereocenters. The summed E-state index contributed by atoms with van der Waals surface area (Å²) in [7, 11) is 0. The number of hydrogen-bond donors (Lipinski definition) is 2. The second-order valence-electron chi connectivity index (χ2n) is 9.67. The van der Waals surface area contributed by atoms with Crippen molar-refractivity contribution in [2.45, 2.75) is 18.6 Å². The predicted molar refractivity (Wildman–Crippen MR) is 135 cm³/mol. The zero-order chi connectivity index (χ0) is 29.5. The first-order chi connectivity index (χ1) is 19.5. The molecule has 14 heteroatoms. The Balaban J connectivity index is 1.47. The van der Waals surface area contributed by atoms with Gasteiger partial charge in [0.05, 0.1) is 52.7 Å². The molecule has 5 rings (SSSR count). The van der Waals surface area contributed by atoms with Gasteiger partial charge in [-0.3, -0.25) is 14.4 Å². The average Bonchev–Trinajstić information content (AvgIpc) is 3.41. The number of anilines is 1. The van der Waals surface area contributed by atoms with Crippen LogP contribution in [0.25, 0.3) is 10.9 Å². The van der Waals surface area contributed by atoms with Crippen LogP contribution in [0.4, 0.5) is 27.6 Å². The Morgan fingerprint density at radius 3 is 2.49 bits per heavy atom. The molecule has 3 aromatic rings. The predicted octanol–water partition coefficient (Wildman–Crippen LogP) is 3.18. The molecular formula is C27H22F5N5O4. The summed E-state index contributed by atoms with van der Waals surface area (Å²) in [5, 5.41) is 12.0. The van der Waals surface area contributed by atoms with Gasteiger partial charge in [0.25, 0.3) is 11.8 Å². The van der Waals surface area contributed by atoms with Gasteiger partial charge in [-0.25, -0.2) is 8.78 Å². The maximum atomic E-state index is 14.3. The first kappa shape index (κ1) is 28.0. The molecular weight excluding hydrogens is 553 g/mol. The van der Waals surface area contributed by atoms with Gasteiger partial charge in [-0.05, 0) is 30.7 Å². The molecule has 2 aromatic carbocycles. The van der Waals surface area contributed by atoms with Gasteiger partial charge >= 0.3 is 6.18 Å². The number of morpholine rings is 1. The summed E-state index contributed by atoms with van der Waals surface area (Å²) in [5.41, 5.74) is -3.75. The van der Waals surface area contributed by atoms with E-state index in [1.54, 1.807) is 6.07 Å². The topological polar surface area (TPSA) is 119 Å². The van der Waals surface area contributed by atoms with Gasteiger partial charge in [-0.2, -0.15) is 18.4 Å². The molecule has 0 bridgehead atoms. The van der Waals surface area contributed by atoms with Crippen LogP contribution in [0.1, 0.15) is 38.3 Å². The molecule has 0 saturated carbocycles. The molecule has 2 saturated heterocycles. The minimum Gasteiger partial charge on any atom is -0.378 e. The van der Waals surface area contributed by atoms with Crippen LogP contribution < -0.4 is 15.8 Å². The Morgan fingerprint density at radius 2 is 1.80 bits per heavy atom. The van der Waals surface area contributed by atoms with E-state index in [2.05, 4.69) is 10.3 Å². The maximum Gasteiger partial charge on any atom is 0.418 e. The lowest BCUT2D eigenvalue weighted by Gasteiger charge is -2.31. The lowest BCUT2D eigenvalue weighted by molar-refractivity contribution is -0.137. The Labute approximate surface area is 229 Å². The maximum absolute atomic E-state index is 14.3. The first-order valence-corrected chi connectivity index (χ1v) is 12.6. The van der Waals surface area contributed by atoms with Crippen LogP contribution in [0.3, 0.4) is 0 Å². The lowest BCUT2D eigenvalue weighted by atomic mass is 10.00. The van der Waals surface area contributed by atoms with E-state index in [1.807, 2.05) is 0 Å². The van der Waals surface area contributed by atoms with Crippen molar-refractivity contribution < 1.29 is 36.3 Å². The van der Waals surface area contributed by atoms with Crippen molar-refractivity contribution in [3.05, 3.63) is 74.6 Å². The molecule has 0 aliphatic carbocycles. The van der Waals surface area contributed by atoms with Crippen LogP contribution in [-0.2, 0) is 10.9 Å². The summed E-state index contributed by atoms with van der Waals surface area (Å²) in [4.78, 5) is 43.4. The zero-order valence-electron chi connectivity index (χ0n) is 21.3. The molecule has 0 radical (unpaired) electrons. The van der Waals surface area contributed by atoms with Gasteiger partial charge < -0.3 is 24.8 Å². The van der Waals surface area contributed by atoms with Crippen LogP contribution in [0.2, 0.25) is 0 Å². The number of carbonyl (C=O) groups is 2. The molecule has 1 aromatic heterocycles. The minimum absolute atomic E-state index is 0.0271. The van der Waals surface area contributed by atoms with Crippen LogP contribution in [0.5, 0.6) is 0 Å². The second-order valence-corrected chi connectivity index (χ2v) is 9.67. The van der Waals surface area contributed by atoms with Gasteiger partial charge in [-0.1, -0.05) is 0 Å². The normalized spacial score (nSPS) is 17.5. The number of amides is 2. The van der Waals surface area contributed by atoms with E-state index in [0.29, 0.717) is 6.07 Å². The molecule has 2 aliphatic heterocycles. The molecule has 3 heterocycles. The highest BCUT2D eigenvalue weighted by Crippen LogP contribution is 2.41. The van der Waals surface area contributed by atoms with Gasteiger partial charge in [0.15, 0.2) is 11.6 Å². The number of hydrogen-bond acceptors (Lipinski definition) is 6. The van der Waals surface area contributed by atoms with Crippen molar-refractivity contribution in [3.63, 3.8) is 0 Å². The van der Waals surface area contributed by atoms with Crippen molar-refractivity contribution in [1.29, 1.82) is 5.26 Å². The first-order valence-electron chi connectivity index (χ1n) is 12.6. The number of nitrogens with one attached hydrogen (secondary N) is 2. The molecule has 2 aliphatic rings. The summed E-state index contributed by atoms with van der Waals surface area (Å²) < 4.78 is 75.9. The molecule has 0 unspecified atom stereocenters. The van der Waals surface area contributed by atoms with E-state index < -0.39 is 58.0 Å². The number of aromatic nitrogens is 1. The third kappa shape index (κ3) is 5.45. The van der Waals surface area contributed by atoms with Crippen LogP contribution in [0, 0.1) is 23.0 Å². The standard InChI is InChI=1S/C27H22F5N5O4/c28-20-2-1-16-17(11-21(38)35-23(16)22(20)29)25(39)34-15-3-4-37(13-15)24-18(26(40)36-5-7-41-8-6-36)9-14(12-33)10-19(24)27(30,31)32/h1-2,9-11,15H,3-8,13H2,(H,34,39)(H,35,38)/t15-/m1/s1. The number of H-pyrrole nitrogens is 1. The van der Waals surface area contributed by atoms with Crippen molar-refractivity contribution in [3.8, 4) is 6.07 Å². The highest BCUT2D eigenvalue weighted by Gasteiger charge is 2.40. The number of alkyl halides is 3. The second kappa shape index (κ2) is 10.8. The Kier molecular flexibility index (Phi) is 7.39. The van der Waals surface area contributed by atoms with Crippen molar-refractivity contribution in [1.82, 2.24) is 15.2 Å². The lowest BCUT2D eigenvalue weighted by Crippen LogP contribution is -2.42. The fraction of sp³-hybridized carbons (Fsp3) is 0.333. The van der Waals surface area contributed by atoms with Crippen molar-refractivity contribution >= 4 is 28.4 Å². The summed E-state index contributed by atoms with van der Waals surface area (Å²) in [6.45, 7) is 0.675. The number of halogens is 5. The molecule has 0 spiro atoms. The third-order valence-corrected chi connectivity index (χ3v) is 7.07. The number of rotatable bonds is 4. The third-order valence-electron chi connectivity index (χ3n) is 7.07. The highest BCUT2D eigenvalue weighted by molar-refractivity contribution is 6.06. The Bertz CT molecular complexity index is 1640. The fourth-order valence-corrected chi connectivity index (χ4v) is 5.15. The van der Waals surface area contributed by atoms with Crippen LogP contribution in [0.15, 0.2) is 35.1 Å². The number of nitriles is 1. The largest absolute Gasteiger partial charge is 0.418 e. The number of pyridine rings is 1. The van der Waals surface area contributed by atoms with Gasteiger partial charge in [-0.15, -0.1) is 0 Å². The molecule has 2 amide bonds. The minimum atomic E-state index is -4.90. The zero-order valence-corrected chi connectivity index (χ0v) is 21.3. The fourth-order valence-electron chi connectivity index (χ4n) is 5.15. The van der Waals surface area contributed by atoms with Crippen molar-refractivity contribution in [2.24, 2.45) is 0 Å². The van der Waals surface area contributed by atoms with Gasteiger partial charge in [0.2, 0.25) is 5.56 Å². The van der Waals surface area contributed by atoms with E-state index in [0.717, 1.165) is 24.3 Å². The SMILES string of the molecule is N#Cc1cc(C(=O)N2CCOCC2)c(N2CC[C@@H](NC(=O)c3cc(=O)[nH]c4c(F)c(F)ccc34)C2)c(C(F)(F)F)c1. The Hall–Kier alpha value is -4.51. The van der Waals surface area contributed by atoms with E-state index in [-0.39, 0.29) is 67.9 Å². The summed E-state index contributed by atoms with van der Waals surface area (Å²) in [5.74, 6) is -4.04. The van der Waals surface area contributed by atoms with E-state index >= 15 is 0 Å². The number of nitrogens with zero attached hydrogens (tertiary/aromatic N) is 3. The molecule has 2 fully saturated rings. The number of ether oxygens (including phenoxy) is 1. The molecule has 2 N–H and O–H groups in total. The summed E-state index contributed by atoms with van der Waals surface area (Å²) >= 11 is 0. The van der Waals surface area contributed by atoms with Gasteiger partial charge in [0.1, 0.15) is 0 Å². The van der Waals surface area contributed by atoms with E-state index in [4.69, 9.17) is 4.74 Å². The smallest absolute Gasteiger partial charge is 0.378 e. The number of carbonyl (C=O) groups excluding carboxylic acids is 2. The van der Waals surface area contributed by atoms with Crippen LogP contribution in [-0.4, -0.2) is 67.1 Å². The van der Waals surface area contributed by atoms with E-state index in [9.17, 15) is 41.6 Å². The summed E-state index contributed by atoms with van der Waals surface area (Å²) in [6.07, 6.45) is -4.72. The average molecular weight is 575 g/mol. The summed E-state index contributed by atoms with van der Waals surface area (Å²) in [6, 6.07) is 5.65. The van der Waals surface area contributed by atoms with Gasteiger partial charge in [0, 0.05) is 43.7 Å². The number of aromatic amines is 1. The Morgan fingerprint density at radius 1 is 1.07 bits per heavy atom. The molecule has 9 nitrogen and oxygen atoms in total. The number of benzene rings is 2. The monoisotopic (exact) mass is 575 g/mol. The molecule has 41 heavy (non-hydrogen) atoms. The molecule has 214 valence electrons. The quantitative estimate of drug-likeness (QED) is 0.462. The van der Waals surface area contributed by atoms with Crippen LogP contribution >= 0.6 is 0 Å².